The zero-order chi connectivity index (χ0) is 13.9. The number of nitrogens with one attached hydrogen (secondary N) is 1. The first-order valence-corrected chi connectivity index (χ1v) is 8.12. The Balaban J connectivity index is 1.48. The Kier molecular flexibility index (Phi) is 4.41. The van der Waals surface area contributed by atoms with Crippen LogP contribution in [-0.4, -0.2) is 28.7 Å². The molecule has 0 bridgehead atoms. The van der Waals surface area contributed by atoms with Gasteiger partial charge in [0.05, 0.1) is 12.2 Å². The molecule has 1 heterocycles. The Morgan fingerprint density at radius 2 is 2.15 bits per heavy atom. The number of hydrogen-bond acceptors (Lipinski definition) is 4. The van der Waals surface area contributed by atoms with Crippen LogP contribution in [0.1, 0.15) is 57.4 Å². The van der Waals surface area contributed by atoms with Crippen LogP contribution in [0.25, 0.3) is 0 Å². The number of nitrogens with zero attached hydrogens (tertiary/aromatic N) is 2. The molecule has 4 heteroatoms. The zero-order valence-corrected chi connectivity index (χ0v) is 12.8. The van der Waals surface area contributed by atoms with Crippen LogP contribution in [0.4, 0.5) is 0 Å². The molecule has 0 saturated heterocycles. The zero-order valence-electron chi connectivity index (χ0n) is 12.8. The van der Waals surface area contributed by atoms with E-state index < -0.39 is 0 Å². The maximum absolute atomic E-state index is 5.50. The van der Waals surface area contributed by atoms with Crippen LogP contribution in [0.3, 0.4) is 0 Å². The van der Waals surface area contributed by atoms with Crippen molar-refractivity contribution >= 4 is 0 Å². The monoisotopic (exact) mass is 277 g/mol. The predicted octanol–water partition coefficient (Wildman–Crippen LogP) is 2.94. The van der Waals surface area contributed by atoms with Crippen LogP contribution in [0.2, 0.25) is 0 Å². The lowest BCUT2D eigenvalue weighted by atomic mass is 10.1. The van der Waals surface area contributed by atoms with E-state index in [-0.39, 0.29) is 0 Å². The average molecular weight is 277 g/mol. The molecule has 1 aromatic heterocycles. The summed E-state index contributed by atoms with van der Waals surface area (Å²) in [5.41, 5.74) is 1.05. The summed E-state index contributed by atoms with van der Waals surface area (Å²) in [7, 11) is 0. The first-order chi connectivity index (χ1) is 9.70. The lowest BCUT2D eigenvalue weighted by Gasteiger charge is -2.21. The van der Waals surface area contributed by atoms with Gasteiger partial charge in [0, 0.05) is 24.7 Å². The highest BCUT2D eigenvalue weighted by Crippen LogP contribution is 2.29. The van der Waals surface area contributed by atoms with Gasteiger partial charge >= 0.3 is 0 Å². The third-order valence-corrected chi connectivity index (χ3v) is 4.17. The van der Waals surface area contributed by atoms with Crippen molar-refractivity contribution in [1.29, 1.82) is 0 Å². The summed E-state index contributed by atoms with van der Waals surface area (Å²) in [5.74, 6) is 1.79. The molecule has 2 aliphatic rings. The molecule has 4 nitrogen and oxygen atoms in total. The summed E-state index contributed by atoms with van der Waals surface area (Å²) in [4.78, 5) is 2.57. The van der Waals surface area contributed by atoms with Crippen molar-refractivity contribution < 1.29 is 4.52 Å². The van der Waals surface area contributed by atoms with Gasteiger partial charge in [-0.15, -0.1) is 0 Å². The summed E-state index contributed by atoms with van der Waals surface area (Å²) in [6.07, 6.45) is 6.59. The minimum Gasteiger partial charge on any atom is -0.360 e. The second kappa shape index (κ2) is 6.27. The highest BCUT2D eigenvalue weighted by molar-refractivity contribution is 5.06. The van der Waals surface area contributed by atoms with E-state index >= 15 is 0 Å². The number of rotatable bonds is 9. The summed E-state index contributed by atoms with van der Waals surface area (Å²) in [5, 5.41) is 7.66. The molecule has 112 valence electrons. The molecule has 0 amide bonds. The lowest BCUT2D eigenvalue weighted by molar-refractivity contribution is 0.211. The van der Waals surface area contributed by atoms with Crippen molar-refractivity contribution in [2.75, 3.05) is 6.54 Å². The number of aromatic nitrogens is 1. The molecule has 0 unspecified atom stereocenters. The van der Waals surface area contributed by atoms with Crippen molar-refractivity contribution in [2.45, 2.75) is 71.1 Å². The summed E-state index contributed by atoms with van der Waals surface area (Å²) < 4.78 is 5.50. The van der Waals surface area contributed by atoms with Gasteiger partial charge in [-0.3, -0.25) is 4.90 Å². The van der Waals surface area contributed by atoms with Crippen molar-refractivity contribution in [2.24, 2.45) is 5.92 Å². The molecule has 0 spiro atoms. The van der Waals surface area contributed by atoms with E-state index in [1.165, 1.54) is 38.6 Å². The van der Waals surface area contributed by atoms with E-state index in [0.717, 1.165) is 42.5 Å². The molecule has 2 aliphatic carbocycles. The molecule has 2 fully saturated rings. The molecule has 3 rings (SSSR count). The second-order valence-electron chi connectivity index (χ2n) is 6.82. The summed E-state index contributed by atoms with van der Waals surface area (Å²) in [6, 6.07) is 3.64. The van der Waals surface area contributed by atoms with Gasteiger partial charge in [-0.1, -0.05) is 19.0 Å². The van der Waals surface area contributed by atoms with Gasteiger partial charge in [-0.05, 0) is 44.6 Å². The highest BCUT2D eigenvalue weighted by atomic mass is 16.5. The average Bonchev–Trinajstić information content (AvgIpc) is 3.32. The van der Waals surface area contributed by atoms with Crippen LogP contribution in [0.5, 0.6) is 0 Å². The Hall–Kier alpha value is -0.870. The van der Waals surface area contributed by atoms with Gasteiger partial charge in [0.2, 0.25) is 0 Å². The molecule has 20 heavy (non-hydrogen) atoms. The highest BCUT2D eigenvalue weighted by Gasteiger charge is 2.29. The fraction of sp³-hybridized carbons (Fsp3) is 0.812. The van der Waals surface area contributed by atoms with Crippen LogP contribution < -0.4 is 5.32 Å². The van der Waals surface area contributed by atoms with Gasteiger partial charge in [0.1, 0.15) is 0 Å². The van der Waals surface area contributed by atoms with E-state index in [4.69, 9.17) is 4.52 Å². The Bertz CT molecular complexity index is 421. The van der Waals surface area contributed by atoms with Crippen molar-refractivity contribution in [3.8, 4) is 0 Å². The Labute approximate surface area is 121 Å². The molecule has 0 aliphatic heterocycles. The van der Waals surface area contributed by atoms with Crippen LogP contribution in [0, 0.1) is 5.92 Å². The minimum atomic E-state index is 0.726. The molecule has 1 aromatic rings. The van der Waals surface area contributed by atoms with Gasteiger partial charge in [0.25, 0.3) is 0 Å². The van der Waals surface area contributed by atoms with Gasteiger partial charge in [0.15, 0.2) is 5.76 Å². The fourth-order valence-electron chi connectivity index (χ4n) is 2.50. The standard InChI is InChI=1S/C16H27N3O/c1-12(2)7-8-19(15-5-6-15)11-16-9-14(18-20-16)10-17-13-3-4-13/h9,12-13,15,17H,3-8,10-11H2,1-2H3. The van der Waals surface area contributed by atoms with E-state index in [9.17, 15) is 0 Å². The first kappa shape index (κ1) is 14.1. The van der Waals surface area contributed by atoms with E-state index in [2.05, 4.69) is 35.3 Å². The topological polar surface area (TPSA) is 41.3 Å². The maximum Gasteiger partial charge on any atom is 0.151 e. The van der Waals surface area contributed by atoms with E-state index in [0.29, 0.717) is 0 Å². The maximum atomic E-state index is 5.50. The van der Waals surface area contributed by atoms with Gasteiger partial charge in [-0.25, -0.2) is 0 Å². The summed E-state index contributed by atoms with van der Waals surface area (Å²) in [6.45, 7) is 7.54. The normalized spacial score (nSPS) is 19.2. The van der Waals surface area contributed by atoms with Crippen molar-refractivity contribution in [3.05, 3.63) is 17.5 Å². The lowest BCUT2D eigenvalue weighted by Crippen LogP contribution is -2.27. The predicted molar refractivity (Wildman–Crippen MR) is 79.3 cm³/mol. The van der Waals surface area contributed by atoms with E-state index in [1.807, 2.05) is 0 Å². The minimum absolute atomic E-state index is 0.726. The van der Waals surface area contributed by atoms with Gasteiger partial charge < -0.3 is 9.84 Å². The van der Waals surface area contributed by atoms with Crippen molar-refractivity contribution in [1.82, 2.24) is 15.4 Å². The molecule has 2 saturated carbocycles. The third kappa shape index (κ3) is 4.32. The van der Waals surface area contributed by atoms with Crippen LogP contribution in [0.15, 0.2) is 10.6 Å². The quantitative estimate of drug-likeness (QED) is 0.753. The Morgan fingerprint density at radius 3 is 2.80 bits per heavy atom. The van der Waals surface area contributed by atoms with Gasteiger partial charge in [-0.2, -0.15) is 0 Å². The van der Waals surface area contributed by atoms with Crippen LogP contribution >= 0.6 is 0 Å². The molecule has 0 atom stereocenters. The molecule has 0 radical (unpaired) electrons. The van der Waals surface area contributed by atoms with Crippen molar-refractivity contribution in [3.63, 3.8) is 0 Å². The molecular weight excluding hydrogens is 250 g/mol. The number of hydrogen-bond donors (Lipinski definition) is 1. The first-order valence-electron chi connectivity index (χ1n) is 8.12. The molecule has 0 aromatic carbocycles. The SMILES string of the molecule is CC(C)CCN(Cc1cc(CNC2CC2)no1)C1CC1. The molecule has 1 N–H and O–H groups in total. The smallest absolute Gasteiger partial charge is 0.151 e. The second-order valence-corrected chi connectivity index (χ2v) is 6.82. The Morgan fingerprint density at radius 1 is 1.35 bits per heavy atom. The third-order valence-electron chi connectivity index (χ3n) is 4.17. The fourth-order valence-corrected chi connectivity index (χ4v) is 2.50. The van der Waals surface area contributed by atoms with Crippen LogP contribution in [-0.2, 0) is 13.1 Å². The largest absolute Gasteiger partial charge is 0.360 e. The van der Waals surface area contributed by atoms with E-state index in [1.54, 1.807) is 0 Å². The summed E-state index contributed by atoms with van der Waals surface area (Å²) >= 11 is 0. The molecular formula is C16H27N3O.